The number of amides is 1. The molecule has 22 heavy (non-hydrogen) atoms. The molecule has 0 aliphatic carbocycles. The van der Waals surface area contributed by atoms with Crippen LogP contribution in [0.4, 0.5) is 4.39 Å². The molecular weight excluding hydrogens is 307 g/mol. The highest BCUT2D eigenvalue weighted by atomic mass is 35.5. The molecule has 0 spiro atoms. The van der Waals surface area contributed by atoms with Gasteiger partial charge in [-0.3, -0.25) is 4.79 Å². The van der Waals surface area contributed by atoms with E-state index in [1.165, 1.54) is 6.07 Å². The Balaban J connectivity index is 2.16. The van der Waals surface area contributed by atoms with Crippen LogP contribution in [0.2, 0.25) is 5.02 Å². The quantitative estimate of drug-likeness (QED) is 0.844. The van der Waals surface area contributed by atoms with E-state index in [0.717, 1.165) is 25.9 Å². The van der Waals surface area contributed by atoms with Gasteiger partial charge >= 0.3 is 0 Å². The Kier molecular flexibility index (Phi) is 6.61. The van der Waals surface area contributed by atoms with Crippen molar-refractivity contribution in [3.05, 3.63) is 34.6 Å². The van der Waals surface area contributed by atoms with Gasteiger partial charge in [-0.05, 0) is 32.4 Å². The predicted molar refractivity (Wildman–Crippen MR) is 84.4 cm³/mol. The monoisotopic (exact) mass is 328 g/mol. The third kappa shape index (κ3) is 4.41. The van der Waals surface area contributed by atoms with E-state index in [9.17, 15) is 9.18 Å². The maximum atomic E-state index is 14.3. The van der Waals surface area contributed by atoms with Gasteiger partial charge in [0, 0.05) is 24.6 Å². The summed E-state index contributed by atoms with van der Waals surface area (Å²) in [5, 5.41) is 6.05. The Hall–Kier alpha value is -1.17. The first-order valence-corrected chi connectivity index (χ1v) is 8.04. The van der Waals surface area contributed by atoms with Crippen LogP contribution in [0.15, 0.2) is 18.2 Å². The summed E-state index contributed by atoms with van der Waals surface area (Å²) in [4.78, 5) is 11.6. The number of ether oxygens (including phenoxy) is 1. The first kappa shape index (κ1) is 17.2. The SMILES string of the molecule is CCNC(=O)COC(c1cccc(Cl)c1F)[C@@H]1CCCNC1. The molecule has 0 saturated carbocycles. The second-order valence-corrected chi connectivity index (χ2v) is 5.84. The number of piperidine rings is 1. The summed E-state index contributed by atoms with van der Waals surface area (Å²) >= 11 is 5.88. The van der Waals surface area contributed by atoms with E-state index in [4.69, 9.17) is 16.3 Å². The first-order valence-electron chi connectivity index (χ1n) is 7.66. The lowest BCUT2D eigenvalue weighted by atomic mass is 9.89. The minimum atomic E-state index is -0.478. The molecule has 6 heteroatoms. The molecule has 122 valence electrons. The lowest BCUT2D eigenvalue weighted by molar-refractivity contribution is -0.129. The highest BCUT2D eigenvalue weighted by molar-refractivity contribution is 6.30. The van der Waals surface area contributed by atoms with E-state index in [0.29, 0.717) is 12.1 Å². The third-order valence-electron chi connectivity index (χ3n) is 3.82. The summed E-state index contributed by atoms with van der Waals surface area (Å²) in [6.45, 7) is 4.00. The highest BCUT2D eigenvalue weighted by Gasteiger charge is 2.29. The van der Waals surface area contributed by atoms with E-state index in [-0.39, 0.29) is 23.5 Å². The zero-order chi connectivity index (χ0) is 15.9. The molecule has 2 rings (SSSR count). The van der Waals surface area contributed by atoms with Crippen LogP contribution in [0.25, 0.3) is 0 Å². The van der Waals surface area contributed by atoms with Gasteiger partial charge in [0.15, 0.2) is 0 Å². The van der Waals surface area contributed by atoms with E-state index >= 15 is 0 Å². The van der Waals surface area contributed by atoms with E-state index in [1.54, 1.807) is 12.1 Å². The Morgan fingerprint density at radius 3 is 3.09 bits per heavy atom. The fourth-order valence-electron chi connectivity index (χ4n) is 2.77. The molecule has 1 unspecified atom stereocenters. The van der Waals surface area contributed by atoms with Crippen molar-refractivity contribution in [1.29, 1.82) is 0 Å². The zero-order valence-electron chi connectivity index (χ0n) is 12.7. The normalized spacial score (nSPS) is 19.7. The van der Waals surface area contributed by atoms with E-state index in [1.807, 2.05) is 6.92 Å². The Bertz CT molecular complexity index is 507. The van der Waals surface area contributed by atoms with Gasteiger partial charge in [-0.2, -0.15) is 0 Å². The van der Waals surface area contributed by atoms with Crippen molar-refractivity contribution in [1.82, 2.24) is 10.6 Å². The summed E-state index contributed by atoms with van der Waals surface area (Å²) in [5.41, 5.74) is 0.422. The van der Waals surface area contributed by atoms with Crippen molar-refractivity contribution < 1.29 is 13.9 Å². The fraction of sp³-hybridized carbons (Fsp3) is 0.562. The summed E-state index contributed by atoms with van der Waals surface area (Å²) in [5.74, 6) is -0.537. The van der Waals surface area contributed by atoms with Gasteiger partial charge in [0.1, 0.15) is 12.4 Å². The van der Waals surface area contributed by atoms with Crippen LogP contribution in [-0.4, -0.2) is 32.1 Å². The van der Waals surface area contributed by atoms with Gasteiger partial charge in [-0.1, -0.05) is 23.7 Å². The summed E-state index contributed by atoms with van der Waals surface area (Å²) < 4.78 is 20.1. The molecule has 4 nitrogen and oxygen atoms in total. The molecule has 1 aliphatic rings. The predicted octanol–water partition coefficient (Wildman–Crippen LogP) is 2.67. The molecule has 1 aromatic carbocycles. The molecule has 1 fully saturated rings. The van der Waals surface area contributed by atoms with Gasteiger partial charge in [0.05, 0.1) is 11.1 Å². The van der Waals surface area contributed by atoms with Gasteiger partial charge in [0.2, 0.25) is 5.91 Å². The van der Waals surface area contributed by atoms with Crippen LogP contribution in [0, 0.1) is 11.7 Å². The molecule has 1 aliphatic heterocycles. The number of hydrogen-bond acceptors (Lipinski definition) is 3. The summed E-state index contributed by atoms with van der Waals surface area (Å²) in [6, 6.07) is 4.90. The highest BCUT2D eigenvalue weighted by Crippen LogP contribution is 2.34. The number of carbonyl (C=O) groups excluding carboxylic acids is 1. The van der Waals surface area contributed by atoms with Crippen LogP contribution in [0.1, 0.15) is 31.4 Å². The number of halogens is 2. The van der Waals surface area contributed by atoms with Gasteiger partial charge in [-0.25, -0.2) is 4.39 Å². The van der Waals surface area contributed by atoms with Crippen molar-refractivity contribution >= 4 is 17.5 Å². The maximum absolute atomic E-state index is 14.3. The Morgan fingerprint density at radius 2 is 2.41 bits per heavy atom. The smallest absolute Gasteiger partial charge is 0.246 e. The number of carbonyl (C=O) groups is 1. The molecule has 2 atom stereocenters. The van der Waals surface area contributed by atoms with Crippen LogP contribution < -0.4 is 10.6 Å². The molecule has 1 saturated heterocycles. The lowest BCUT2D eigenvalue weighted by Gasteiger charge is -2.31. The minimum Gasteiger partial charge on any atom is -0.363 e. The van der Waals surface area contributed by atoms with Crippen LogP contribution in [0.3, 0.4) is 0 Å². The first-order chi connectivity index (χ1) is 10.6. The van der Waals surface area contributed by atoms with Crippen molar-refractivity contribution in [2.24, 2.45) is 5.92 Å². The largest absolute Gasteiger partial charge is 0.363 e. The molecule has 0 aromatic heterocycles. The number of benzene rings is 1. The molecule has 1 heterocycles. The van der Waals surface area contributed by atoms with E-state index < -0.39 is 11.9 Å². The third-order valence-corrected chi connectivity index (χ3v) is 4.11. The minimum absolute atomic E-state index is 0.0767. The Labute approximate surface area is 135 Å². The molecule has 0 radical (unpaired) electrons. The number of rotatable bonds is 6. The van der Waals surface area contributed by atoms with Crippen LogP contribution >= 0.6 is 11.6 Å². The standard InChI is InChI=1S/C16H22ClFN2O2/c1-2-20-14(21)10-22-16(11-5-4-8-19-9-11)12-6-3-7-13(17)15(12)18/h3,6-7,11,16,19H,2,4-5,8-10H2,1H3,(H,20,21)/t11-,16?/m1/s1. The zero-order valence-corrected chi connectivity index (χ0v) is 13.5. The molecule has 1 amide bonds. The van der Waals surface area contributed by atoms with Crippen molar-refractivity contribution in [3.63, 3.8) is 0 Å². The van der Waals surface area contributed by atoms with E-state index in [2.05, 4.69) is 10.6 Å². The molecular formula is C16H22ClFN2O2. The van der Waals surface area contributed by atoms with Gasteiger partial charge in [0.25, 0.3) is 0 Å². The molecule has 2 N–H and O–H groups in total. The topological polar surface area (TPSA) is 50.4 Å². The lowest BCUT2D eigenvalue weighted by Crippen LogP contribution is -2.36. The molecule has 0 bridgehead atoms. The second kappa shape index (κ2) is 8.46. The molecule has 1 aromatic rings. The van der Waals surface area contributed by atoms with Gasteiger partial charge in [-0.15, -0.1) is 0 Å². The fourth-order valence-corrected chi connectivity index (χ4v) is 2.95. The Morgan fingerprint density at radius 1 is 1.59 bits per heavy atom. The summed E-state index contributed by atoms with van der Waals surface area (Å²) in [6.07, 6.45) is 1.46. The maximum Gasteiger partial charge on any atom is 0.246 e. The van der Waals surface area contributed by atoms with Crippen LogP contribution in [0.5, 0.6) is 0 Å². The van der Waals surface area contributed by atoms with Crippen molar-refractivity contribution in [2.45, 2.75) is 25.9 Å². The van der Waals surface area contributed by atoms with Gasteiger partial charge < -0.3 is 15.4 Å². The second-order valence-electron chi connectivity index (χ2n) is 5.43. The average molecular weight is 329 g/mol. The number of hydrogen-bond donors (Lipinski definition) is 2. The number of nitrogens with one attached hydrogen (secondary N) is 2. The van der Waals surface area contributed by atoms with Crippen LogP contribution in [-0.2, 0) is 9.53 Å². The number of likely N-dealkylation sites (N-methyl/N-ethyl adjacent to an activating group) is 1. The summed E-state index contributed by atoms with van der Waals surface area (Å²) in [7, 11) is 0. The van der Waals surface area contributed by atoms with Crippen molar-refractivity contribution in [2.75, 3.05) is 26.2 Å². The average Bonchev–Trinajstić information content (AvgIpc) is 2.53. The van der Waals surface area contributed by atoms with Crippen molar-refractivity contribution in [3.8, 4) is 0 Å².